The molecule has 1 atom stereocenters. The minimum absolute atomic E-state index is 0.144. The van der Waals surface area contributed by atoms with Crippen molar-refractivity contribution in [1.29, 1.82) is 0 Å². The number of carbonyl (C=O) groups is 2. The van der Waals surface area contributed by atoms with Crippen molar-refractivity contribution in [2.45, 2.75) is 13.0 Å². The second kappa shape index (κ2) is 11.6. The van der Waals surface area contributed by atoms with Crippen molar-refractivity contribution >= 4 is 18.1 Å². The fourth-order valence-corrected chi connectivity index (χ4v) is 3.29. The van der Waals surface area contributed by atoms with Crippen LogP contribution in [0.2, 0.25) is 0 Å². The smallest absolute Gasteiger partial charge is 0.346 e. The highest BCUT2D eigenvalue weighted by Crippen LogP contribution is 2.22. The summed E-state index contributed by atoms with van der Waals surface area (Å²) in [6.45, 7) is 1.63. The van der Waals surface area contributed by atoms with Gasteiger partial charge in [-0.15, -0.1) is 0 Å². The normalized spacial score (nSPS) is 11.6. The summed E-state index contributed by atoms with van der Waals surface area (Å²) in [5, 5.41) is 3.95. The molecule has 0 saturated heterocycles. The molecule has 4 aromatic carbocycles. The fourth-order valence-electron chi connectivity index (χ4n) is 3.29. The van der Waals surface area contributed by atoms with E-state index in [1.54, 1.807) is 37.3 Å². The van der Waals surface area contributed by atoms with E-state index in [4.69, 9.17) is 9.47 Å². The van der Waals surface area contributed by atoms with Gasteiger partial charge in [0, 0.05) is 0 Å². The quantitative estimate of drug-likeness (QED) is 0.153. The number of carbonyl (C=O) groups excluding carboxylic acids is 2. The van der Waals surface area contributed by atoms with Crippen LogP contribution in [0.1, 0.15) is 22.8 Å². The van der Waals surface area contributed by atoms with Crippen LogP contribution in [0.4, 0.5) is 4.39 Å². The van der Waals surface area contributed by atoms with E-state index in [2.05, 4.69) is 10.5 Å². The van der Waals surface area contributed by atoms with Crippen LogP contribution >= 0.6 is 0 Å². The highest BCUT2D eigenvalue weighted by molar-refractivity contribution is 5.91. The van der Waals surface area contributed by atoms with Crippen molar-refractivity contribution in [3.05, 3.63) is 120 Å². The molecule has 0 aliphatic heterocycles. The van der Waals surface area contributed by atoms with Gasteiger partial charge in [-0.1, -0.05) is 54.6 Å². The zero-order chi connectivity index (χ0) is 25.3. The maximum atomic E-state index is 13.7. The van der Waals surface area contributed by atoms with E-state index in [0.717, 1.165) is 11.1 Å². The lowest BCUT2D eigenvalue weighted by molar-refractivity contribution is -0.127. The van der Waals surface area contributed by atoms with Gasteiger partial charge in [0.25, 0.3) is 5.91 Å². The number of esters is 1. The Morgan fingerprint density at radius 1 is 0.806 bits per heavy atom. The molecule has 0 heterocycles. The molecule has 7 heteroatoms. The highest BCUT2D eigenvalue weighted by atomic mass is 19.1. The number of rotatable bonds is 8. The van der Waals surface area contributed by atoms with Gasteiger partial charge >= 0.3 is 5.97 Å². The molecule has 1 N–H and O–H groups in total. The van der Waals surface area contributed by atoms with E-state index in [-0.39, 0.29) is 11.3 Å². The van der Waals surface area contributed by atoms with Gasteiger partial charge in [0.1, 0.15) is 17.3 Å². The first-order valence-corrected chi connectivity index (χ1v) is 11.2. The summed E-state index contributed by atoms with van der Waals surface area (Å²) >= 11 is 0. The number of nitrogens with zero attached hydrogens (tertiary/aromatic N) is 1. The first-order valence-electron chi connectivity index (χ1n) is 11.2. The molecule has 1 unspecified atom stereocenters. The number of ether oxygens (including phenoxy) is 2. The molecule has 1 amide bonds. The van der Waals surface area contributed by atoms with Crippen LogP contribution in [0.25, 0.3) is 11.1 Å². The first-order chi connectivity index (χ1) is 17.5. The third-order valence-corrected chi connectivity index (χ3v) is 5.22. The van der Waals surface area contributed by atoms with Crippen molar-refractivity contribution in [2.24, 2.45) is 5.10 Å². The Kier molecular flexibility index (Phi) is 7.83. The van der Waals surface area contributed by atoms with Gasteiger partial charge in [-0.2, -0.15) is 5.10 Å². The summed E-state index contributed by atoms with van der Waals surface area (Å²) in [6.07, 6.45) is 0.687. The van der Waals surface area contributed by atoms with Crippen molar-refractivity contribution in [1.82, 2.24) is 5.43 Å². The molecule has 0 fully saturated rings. The van der Waals surface area contributed by atoms with Crippen LogP contribution in [0.15, 0.2) is 108 Å². The lowest BCUT2D eigenvalue weighted by atomic mass is 10.1. The monoisotopic (exact) mass is 482 g/mol. The molecular formula is C29H23FN2O4. The molecule has 0 bridgehead atoms. The molecule has 0 aliphatic rings. The fraction of sp³-hybridized carbons (Fsp3) is 0.0690. The van der Waals surface area contributed by atoms with Gasteiger partial charge in [-0.3, -0.25) is 4.79 Å². The van der Waals surface area contributed by atoms with E-state index in [1.807, 2.05) is 54.6 Å². The van der Waals surface area contributed by atoms with E-state index in [0.29, 0.717) is 11.3 Å². The van der Waals surface area contributed by atoms with Crippen LogP contribution in [-0.2, 0) is 4.79 Å². The van der Waals surface area contributed by atoms with Crippen LogP contribution in [-0.4, -0.2) is 24.2 Å². The average Bonchev–Trinajstić information content (AvgIpc) is 2.90. The number of hydrogen-bond acceptors (Lipinski definition) is 5. The lowest BCUT2D eigenvalue weighted by Gasteiger charge is -2.13. The Balaban J connectivity index is 1.26. The largest absolute Gasteiger partial charge is 0.481 e. The predicted octanol–water partition coefficient (Wildman–Crippen LogP) is 5.63. The lowest BCUT2D eigenvalue weighted by Crippen LogP contribution is -2.33. The van der Waals surface area contributed by atoms with Crippen molar-refractivity contribution in [2.75, 3.05) is 0 Å². The summed E-state index contributed by atoms with van der Waals surface area (Å²) in [4.78, 5) is 24.4. The Morgan fingerprint density at radius 2 is 1.42 bits per heavy atom. The number of hydrazone groups is 1. The minimum Gasteiger partial charge on any atom is -0.481 e. The van der Waals surface area contributed by atoms with Gasteiger partial charge in [-0.05, 0) is 72.1 Å². The number of hydrogen-bond donors (Lipinski definition) is 1. The first kappa shape index (κ1) is 24.3. The van der Waals surface area contributed by atoms with Crippen molar-refractivity contribution in [3.8, 4) is 22.6 Å². The number of amides is 1. The number of benzene rings is 4. The molecule has 0 aromatic heterocycles. The van der Waals surface area contributed by atoms with Crippen LogP contribution in [0.5, 0.6) is 11.5 Å². The van der Waals surface area contributed by atoms with E-state index >= 15 is 0 Å². The minimum atomic E-state index is -0.787. The zero-order valence-electron chi connectivity index (χ0n) is 19.4. The molecule has 4 rings (SSSR count). The van der Waals surface area contributed by atoms with Gasteiger partial charge in [-0.25, -0.2) is 14.6 Å². The molecular weight excluding hydrogens is 459 g/mol. The Hall–Kier alpha value is -4.78. The standard InChI is InChI=1S/C29H23FN2O4/c1-20(35-24-17-13-23(14-18-24)22-7-3-2-4-8-22)28(33)32-31-19-21-11-15-25(16-12-21)36-29(34)26-9-5-6-10-27(26)30/h2-20H,1H3,(H,32,33). The molecule has 0 saturated carbocycles. The maximum absolute atomic E-state index is 13.7. The molecule has 0 radical (unpaired) electrons. The van der Waals surface area contributed by atoms with Gasteiger partial charge in [0.15, 0.2) is 6.10 Å². The van der Waals surface area contributed by atoms with E-state index in [9.17, 15) is 14.0 Å². The van der Waals surface area contributed by atoms with Crippen LogP contribution in [0.3, 0.4) is 0 Å². The van der Waals surface area contributed by atoms with Crippen LogP contribution in [0, 0.1) is 5.82 Å². The summed E-state index contributed by atoms with van der Waals surface area (Å²) in [5.74, 6) is -1.02. The Morgan fingerprint density at radius 3 is 2.11 bits per heavy atom. The number of nitrogens with one attached hydrogen (secondary N) is 1. The topological polar surface area (TPSA) is 77.0 Å². The predicted molar refractivity (Wildman–Crippen MR) is 136 cm³/mol. The SMILES string of the molecule is CC(Oc1ccc(-c2ccccc2)cc1)C(=O)NN=Cc1ccc(OC(=O)c2ccccc2F)cc1. The van der Waals surface area contributed by atoms with Crippen molar-refractivity contribution < 1.29 is 23.5 Å². The molecule has 6 nitrogen and oxygen atoms in total. The molecule has 4 aromatic rings. The number of halogens is 1. The maximum Gasteiger partial charge on any atom is 0.346 e. The van der Waals surface area contributed by atoms with Gasteiger partial charge in [0.2, 0.25) is 0 Å². The molecule has 36 heavy (non-hydrogen) atoms. The molecule has 180 valence electrons. The second-order valence-corrected chi connectivity index (χ2v) is 7.82. The Bertz CT molecular complexity index is 1350. The van der Waals surface area contributed by atoms with Gasteiger partial charge < -0.3 is 9.47 Å². The second-order valence-electron chi connectivity index (χ2n) is 7.82. The van der Waals surface area contributed by atoms with E-state index < -0.39 is 23.8 Å². The summed E-state index contributed by atoms with van der Waals surface area (Å²) in [6, 6.07) is 29.5. The summed E-state index contributed by atoms with van der Waals surface area (Å²) < 4.78 is 24.6. The summed E-state index contributed by atoms with van der Waals surface area (Å²) in [7, 11) is 0. The van der Waals surface area contributed by atoms with Gasteiger partial charge in [0.05, 0.1) is 11.8 Å². The summed E-state index contributed by atoms with van der Waals surface area (Å²) in [5.41, 5.74) is 5.11. The third-order valence-electron chi connectivity index (χ3n) is 5.22. The van der Waals surface area contributed by atoms with E-state index in [1.165, 1.54) is 24.4 Å². The Labute approximate surface area is 208 Å². The molecule has 0 aliphatic carbocycles. The zero-order valence-corrected chi connectivity index (χ0v) is 19.4. The highest BCUT2D eigenvalue weighted by Gasteiger charge is 2.15. The van der Waals surface area contributed by atoms with Crippen molar-refractivity contribution in [3.63, 3.8) is 0 Å². The molecule has 0 spiro atoms. The third kappa shape index (κ3) is 6.42. The van der Waals surface area contributed by atoms with Crippen LogP contribution < -0.4 is 14.9 Å². The average molecular weight is 483 g/mol.